The van der Waals surface area contributed by atoms with E-state index in [4.69, 9.17) is 4.74 Å². The highest BCUT2D eigenvalue weighted by molar-refractivity contribution is 7.89. The zero-order valence-corrected chi connectivity index (χ0v) is 14.6. The quantitative estimate of drug-likeness (QED) is 0.726. The van der Waals surface area contributed by atoms with Crippen molar-refractivity contribution in [1.29, 1.82) is 0 Å². The lowest BCUT2D eigenvalue weighted by atomic mass is 9.84. The first kappa shape index (κ1) is 17.7. The summed E-state index contributed by atoms with van der Waals surface area (Å²) in [5.74, 6) is 0.377. The first-order valence-corrected chi connectivity index (χ1v) is 10.3. The first-order chi connectivity index (χ1) is 10.5. The third-order valence-electron chi connectivity index (χ3n) is 5.18. The number of ether oxygens (including phenoxy) is 1. The van der Waals surface area contributed by atoms with Crippen LogP contribution in [0.15, 0.2) is 0 Å². The molecule has 0 spiro atoms. The van der Waals surface area contributed by atoms with Crippen molar-refractivity contribution in [3.63, 3.8) is 0 Å². The number of hydrogen-bond acceptors (Lipinski definition) is 4. The van der Waals surface area contributed by atoms with Gasteiger partial charge < -0.3 is 4.74 Å². The maximum absolute atomic E-state index is 12.4. The van der Waals surface area contributed by atoms with E-state index in [0.29, 0.717) is 31.8 Å². The van der Waals surface area contributed by atoms with E-state index < -0.39 is 10.0 Å². The van der Waals surface area contributed by atoms with E-state index >= 15 is 0 Å². The fourth-order valence-electron chi connectivity index (χ4n) is 3.59. The summed E-state index contributed by atoms with van der Waals surface area (Å²) < 4.78 is 31.0. The van der Waals surface area contributed by atoms with E-state index in [0.717, 1.165) is 25.7 Å². The van der Waals surface area contributed by atoms with Gasteiger partial charge in [-0.15, -0.1) is 0 Å². The highest BCUT2D eigenvalue weighted by Gasteiger charge is 2.34. The Labute approximate surface area is 134 Å². The Bertz CT molecular complexity index is 469. The van der Waals surface area contributed by atoms with Crippen molar-refractivity contribution in [3.05, 3.63) is 0 Å². The monoisotopic (exact) mass is 331 g/mol. The normalized spacial score (nSPS) is 28.5. The Hall–Kier alpha value is -0.620. The largest absolute Gasteiger partial charge is 0.462 e. The Kier molecular flexibility index (Phi) is 6.26. The van der Waals surface area contributed by atoms with Gasteiger partial charge in [-0.3, -0.25) is 4.79 Å². The number of sulfonamides is 1. The maximum atomic E-state index is 12.4. The predicted octanol–water partition coefficient (Wildman–Crippen LogP) is 2.56. The second-order valence-electron chi connectivity index (χ2n) is 6.50. The molecule has 1 saturated carbocycles. The highest BCUT2D eigenvalue weighted by atomic mass is 32.2. The molecule has 6 heteroatoms. The molecule has 0 aromatic carbocycles. The minimum Gasteiger partial charge on any atom is -0.462 e. The molecule has 2 fully saturated rings. The lowest BCUT2D eigenvalue weighted by Crippen LogP contribution is -2.42. The molecule has 1 heterocycles. The highest BCUT2D eigenvalue weighted by Crippen LogP contribution is 2.31. The van der Waals surface area contributed by atoms with Gasteiger partial charge in [-0.2, -0.15) is 0 Å². The summed E-state index contributed by atoms with van der Waals surface area (Å²) in [4.78, 5) is 12.4. The standard InChI is InChI=1S/C16H29NO4S/c1-3-13-7-5-6-8-15(13)21-16(18)14-9-11-17(12-10-14)22(19,20)4-2/h13-15H,3-12H2,1-2H3/t13-,15-/m1/s1. The van der Waals surface area contributed by atoms with Gasteiger partial charge in [0.2, 0.25) is 10.0 Å². The van der Waals surface area contributed by atoms with Crippen LogP contribution in [-0.4, -0.2) is 43.6 Å². The van der Waals surface area contributed by atoms with E-state index in [1.165, 1.54) is 10.7 Å². The molecule has 1 aliphatic carbocycles. The predicted molar refractivity (Wildman–Crippen MR) is 85.9 cm³/mol. The molecule has 1 saturated heterocycles. The topological polar surface area (TPSA) is 63.7 Å². The molecule has 0 aromatic rings. The molecule has 0 amide bonds. The van der Waals surface area contributed by atoms with Gasteiger partial charge in [0, 0.05) is 13.1 Å². The van der Waals surface area contributed by atoms with Gasteiger partial charge in [-0.1, -0.05) is 13.3 Å². The van der Waals surface area contributed by atoms with Gasteiger partial charge in [0.05, 0.1) is 11.7 Å². The van der Waals surface area contributed by atoms with Crippen LogP contribution < -0.4 is 0 Å². The smallest absolute Gasteiger partial charge is 0.309 e. The lowest BCUT2D eigenvalue weighted by Gasteiger charge is -2.34. The Morgan fingerprint density at radius 3 is 2.32 bits per heavy atom. The molecule has 2 aliphatic rings. The molecule has 0 unspecified atom stereocenters. The third kappa shape index (κ3) is 4.22. The van der Waals surface area contributed by atoms with Crippen LogP contribution in [0.1, 0.15) is 58.8 Å². The zero-order valence-electron chi connectivity index (χ0n) is 13.8. The van der Waals surface area contributed by atoms with Gasteiger partial charge in [0.1, 0.15) is 6.10 Å². The third-order valence-corrected chi connectivity index (χ3v) is 7.06. The molecule has 2 atom stereocenters. The fraction of sp³-hybridized carbons (Fsp3) is 0.938. The number of carbonyl (C=O) groups excluding carboxylic acids is 1. The number of carbonyl (C=O) groups is 1. The van der Waals surface area contributed by atoms with Crippen molar-refractivity contribution in [2.45, 2.75) is 64.9 Å². The van der Waals surface area contributed by atoms with Crippen LogP contribution in [0.5, 0.6) is 0 Å². The maximum Gasteiger partial charge on any atom is 0.309 e. The van der Waals surface area contributed by atoms with Gasteiger partial charge in [0.15, 0.2) is 0 Å². The molecule has 0 aromatic heterocycles. The molecule has 5 nitrogen and oxygen atoms in total. The second-order valence-corrected chi connectivity index (χ2v) is 8.76. The average Bonchev–Trinajstić information content (AvgIpc) is 2.55. The minimum atomic E-state index is -3.13. The van der Waals surface area contributed by atoms with E-state index in [-0.39, 0.29) is 23.7 Å². The van der Waals surface area contributed by atoms with Gasteiger partial charge in [0.25, 0.3) is 0 Å². The summed E-state index contributed by atoms with van der Waals surface area (Å²) in [6.07, 6.45) is 6.81. The molecule has 1 aliphatic heterocycles. The Morgan fingerprint density at radius 2 is 1.73 bits per heavy atom. The van der Waals surface area contributed by atoms with Crippen molar-refractivity contribution in [1.82, 2.24) is 4.31 Å². The molecule has 2 rings (SSSR count). The second kappa shape index (κ2) is 7.77. The van der Waals surface area contributed by atoms with E-state index in [9.17, 15) is 13.2 Å². The number of nitrogens with zero attached hydrogens (tertiary/aromatic N) is 1. The summed E-state index contributed by atoms with van der Waals surface area (Å²) in [7, 11) is -3.13. The minimum absolute atomic E-state index is 0.0728. The van der Waals surface area contributed by atoms with Crippen molar-refractivity contribution in [3.8, 4) is 0 Å². The average molecular weight is 331 g/mol. The number of hydrogen-bond donors (Lipinski definition) is 0. The Morgan fingerprint density at radius 1 is 1.09 bits per heavy atom. The summed E-state index contributed by atoms with van der Waals surface area (Å²) in [6, 6.07) is 0. The van der Waals surface area contributed by atoms with Crippen LogP contribution in [0.4, 0.5) is 0 Å². The van der Waals surface area contributed by atoms with Crippen LogP contribution in [-0.2, 0) is 19.6 Å². The summed E-state index contributed by atoms with van der Waals surface area (Å²) in [5, 5.41) is 0. The van der Waals surface area contributed by atoms with Gasteiger partial charge in [-0.05, 0) is 51.4 Å². The molecule has 0 radical (unpaired) electrons. The lowest BCUT2D eigenvalue weighted by molar-refractivity contribution is -0.160. The molecule has 128 valence electrons. The van der Waals surface area contributed by atoms with Gasteiger partial charge in [-0.25, -0.2) is 12.7 Å². The van der Waals surface area contributed by atoms with Crippen molar-refractivity contribution in [2.24, 2.45) is 11.8 Å². The van der Waals surface area contributed by atoms with Crippen LogP contribution >= 0.6 is 0 Å². The molecular formula is C16H29NO4S. The summed E-state index contributed by atoms with van der Waals surface area (Å²) in [6.45, 7) is 4.70. The van der Waals surface area contributed by atoms with Crippen molar-refractivity contribution >= 4 is 16.0 Å². The zero-order chi connectivity index (χ0) is 16.2. The van der Waals surface area contributed by atoms with Crippen LogP contribution in [0, 0.1) is 11.8 Å². The Balaban J connectivity index is 1.84. The number of esters is 1. The summed E-state index contributed by atoms with van der Waals surface area (Å²) in [5.41, 5.74) is 0. The number of piperidine rings is 1. The van der Waals surface area contributed by atoms with Crippen LogP contribution in [0.25, 0.3) is 0 Å². The fourth-order valence-corrected chi connectivity index (χ4v) is 4.73. The molecular weight excluding hydrogens is 302 g/mol. The first-order valence-electron chi connectivity index (χ1n) is 8.66. The van der Waals surface area contributed by atoms with Crippen LogP contribution in [0.3, 0.4) is 0 Å². The van der Waals surface area contributed by atoms with E-state index in [2.05, 4.69) is 6.92 Å². The van der Waals surface area contributed by atoms with E-state index in [1.54, 1.807) is 6.92 Å². The molecule has 0 N–H and O–H groups in total. The summed E-state index contributed by atoms with van der Waals surface area (Å²) >= 11 is 0. The SMILES string of the molecule is CC[C@@H]1CCCC[C@H]1OC(=O)C1CCN(S(=O)(=O)CC)CC1. The van der Waals surface area contributed by atoms with Crippen molar-refractivity contribution < 1.29 is 17.9 Å². The van der Waals surface area contributed by atoms with Gasteiger partial charge >= 0.3 is 5.97 Å². The molecule has 0 bridgehead atoms. The molecule has 22 heavy (non-hydrogen) atoms. The number of rotatable bonds is 5. The van der Waals surface area contributed by atoms with E-state index in [1.807, 2.05) is 0 Å². The van der Waals surface area contributed by atoms with Crippen LogP contribution in [0.2, 0.25) is 0 Å². The van der Waals surface area contributed by atoms with Crippen molar-refractivity contribution in [2.75, 3.05) is 18.8 Å².